The first-order chi connectivity index (χ1) is 18.9. The lowest BCUT2D eigenvalue weighted by Crippen LogP contribution is -2.52. The summed E-state index contributed by atoms with van der Waals surface area (Å²) in [5.74, 6) is 2.60. The summed E-state index contributed by atoms with van der Waals surface area (Å²) in [6.45, 7) is 8.98. The number of hydrogen-bond donors (Lipinski definition) is 2. The zero-order chi connectivity index (χ0) is 27.4. The number of nitrogens with one attached hydrogen (secondary N) is 2. The summed E-state index contributed by atoms with van der Waals surface area (Å²) >= 11 is 3.55. The van der Waals surface area contributed by atoms with Gasteiger partial charge in [0.2, 0.25) is 5.95 Å². The van der Waals surface area contributed by atoms with Crippen LogP contribution in [-0.2, 0) is 0 Å². The number of rotatable bonds is 8. The van der Waals surface area contributed by atoms with Crippen molar-refractivity contribution in [3.8, 4) is 11.5 Å². The number of piperidine rings is 1. The molecule has 39 heavy (non-hydrogen) atoms. The highest BCUT2D eigenvalue weighted by Crippen LogP contribution is 2.37. The predicted octanol–water partition coefficient (Wildman–Crippen LogP) is 5.27. The molecule has 0 atom stereocenters. The van der Waals surface area contributed by atoms with Crippen molar-refractivity contribution in [1.82, 2.24) is 19.8 Å². The molecule has 2 aliphatic heterocycles. The van der Waals surface area contributed by atoms with Crippen LogP contribution in [0.5, 0.6) is 11.5 Å². The van der Waals surface area contributed by atoms with E-state index < -0.39 is 0 Å². The number of likely N-dealkylation sites (N-methyl/N-ethyl adjacent to an activating group) is 1. The molecule has 0 unspecified atom stereocenters. The normalized spacial score (nSPS) is 17.2. The van der Waals surface area contributed by atoms with Gasteiger partial charge in [0.05, 0.1) is 30.1 Å². The Kier molecular flexibility index (Phi) is 8.74. The minimum absolute atomic E-state index is 0.467. The predicted molar refractivity (Wildman–Crippen MR) is 161 cm³/mol. The topological polar surface area (TPSA) is 78.0 Å². The summed E-state index contributed by atoms with van der Waals surface area (Å²) in [5.41, 5.74) is 4.07. The van der Waals surface area contributed by atoms with Gasteiger partial charge in [0, 0.05) is 63.3 Å². The number of piperazine rings is 1. The second-order valence-corrected chi connectivity index (χ2v) is 11.1. The van der Waals surface area contributed by atoms with Crippen LogP contribution in [0.3, 0.4) is 0 Å². The number of halogens is 1. The lowest BCUT2D eigenvalue weighted by Gasteiger charge is -2.43. The molecule has 0 spiro atoms. The van der Waals surface area contributed by atoms with Gasteiger partial charge in [0.25, 0.3) is 0 Å². The Morgan fingerprint density at radius 3 is 2.33 bits per heavy atom. The van der Waals surface area contributed by atoms with E-state index in [1.807, 2.05) is 24.3 Å². The largest absolute Gasteiger partial charge is 0.495 e. The molecular weight excluding hydrogens is 558 g/mol. The Labute approximate surface area is 239 Å². The van der Waals surface area contributed by atoms with Crippen molar-refractivity contribution < 1.29 is 9.47 Å². The van der Waals surface area contributed by atoms with E-state index in [0.29, 0.717) is 17.8 Å². The van der Waals surface area contributed by atoms with Crippen LogP contribution in [0.1, 0.15) is 18.4 Å². The molecule has 0 bridgehead atoms. The second-order valence-electron chi connectivity index (χ2n) is 10.2. The molecule has 1 aromatic heterocycles. The van der Waals surface area contributed by atoms with Crippen molar-refractivity contribution in [3.05, 3.63) is 52.6 Å². The Morgan fingerprint density at radius 2 is 1.62 bits per heavy atom. The quantitative estimate of drug-likeness (QED) is 0.362. The highest BCUT2D eigenvalue weighted by Gasteiger charge is 2.27. The standard InChI is InChI=1S/C29H38BrN7O2/c1-20-17-24(33-29-31-19-22(30)28(34-29)32-23-7-5-6-8-26(23)38-3)27(39-4)18-25(20)37-11-9-21(10-12-37)36-15-13-35(2)14-16-36/h5-8,17-19,21H,9-16H2,1-4H3,(H2,31,32,33,34). The first-order valence-corrected chi connectivity index (χ1v) is 14.3. The van der Waals surface area contributed by atoms with Crippen LogP contribution in [-0.4, -0.2) is 86.3 Å². The Morgan fingerprint density at radius 1 is 0.897 bits per heavy atom. The molecule has 0 amide bonds. The SMILES string of the molecule is COc1cc(N2CCC(N3CCN(C)CC3)CC2)c(C)cc1Nc1ncc(Br)c(Nc2ccccc2OC)n1. The van der Waals surface area contributed by atoms with E-state index in [1.165, 1.54) is 50.3 Å². The van der Waals surface area contributed by atoms with E-state index in [1.54, 1.807) is 20.4 Å². The summed E-state index contributed by atoms with van der Waals surface area (Å²) < 4.78 is 12.0. The molecule has 2 saturated heterocycles. The van der Waals surface area contributed by atoms with Crippen LogP contribution in [0.4, 0.5) is 28.8 Å². The summed E-state index contributed by atoms with van der Waals surface area (Å²) in [7, 11) is 5.57. The molecule has 0 saturated carbocycles. The molecule has 2 aliphatic rings. The number of aryl methyl sites for hydroxylation is 1. The van der Waals surface area contributed by atoms with Crippen molar-refractivity contribution in [2.75, 3.05) is 76.1 Å². The number of aromatic nitrogens is 2. The minimum atomic E-state index is 0.467. The molecule has 3 heterocycles. The van der Waals surface area contributed by atoms with Gasteiger partial charge in [0.15, 0.2) is 0 Å². The average Bonchev–Trinajstić information content (AvgIpc) is 2.96. The van der Waals surface area contributed by atoms with E-state index in [-0.39, 0.29) is 0 Å². The van der Waals surface area contributed by atoms with Crippen molar-refractivity contribution in [2.24, 2.45) is 0 Å². The molecule has 0 radical (unpaired) electrons. The fourth-order valence-electron chi connectivity index (χ4n) is 5.45. The minimum Gasteiger partial charge on any atom is -0.495 e. The van der Waals surface area contributed by atoms with E-state index >= 15 is 0 Å². The van der Waals surface area contributed by atoms with Gasteiger partial charge in [-0.15, -0.1) is 0 Å². The molecule has 9 nitrogen and oxygen atoms in total. The third-order valence-corrected chi connectivity index (χ3v) is 8.31. The second kappa shape index (κ2) is 12.4. The highest BCUT2D eigenvalue weighted by atomic mass is 79.9. The van der Waals surface area contributed by atoms with Gasteiger partial charge in [-0.3, -0.25) is 4.90 Å². The summed E-state index contributed by atoms with van der Waals surface area (Å²) in [4.78, 5) is 16.8. The van der Waals surface area contributed by atoms with Crippen molar-refractivity contribution in [1.29, 1.82) is 0 Å². The molecule has 2 aromatic carbocycles. The van der Waals surface area contributed by atoms with Crippen LogP contribution >= 0.6 is 15.9 Å². The average molecular weight is 597 g/mol. The van der Waals surface area contributed by atoms with Gasteiger partial charge in [0.1, 0.15) is 17.3 Å². The molecule has 10 heteroatoms. The number of methoxy groups -OCH3 is 2. The fraction of sp³-hybridized carbons (Fsp3) is 0.448. The van der Waals surface area contributed by atoms with Gasteiger partial charge in [-0.2, -0.15) is 4.98 Å². The van der Waals surface area contributed by atoms with Crippen LogP contribution in [0.25, 0.3) is 0 Å². The van der Waals surface area contributed by atoms with Gasteiger partial charge in [-0.1, -0.05) is 12.1 Å². The van der Waals surface area contributed by atoms with Gasteiger partial charge in [-0.05, 0) is 66.5 Å². The molecule has 2 N–H and O–H groups in total. The maximum absolute atomic E-state index is 5.81. The third kappa shape index (κ3) is 6.40. The Bertz CT molecular complexity index is 1270. The number of hydrogen-bond acceptors (Lipinski definition) is 9. The molecular formula is C29H38BrN7O2. The number of ether oxygens (including phenoxy) is 2. The van der Waals surface area contributed by atoms with E-state index in [2.05, 4.69) is 72.4 Å². The van der Waals surface area contributed by atoms with Crippen molar-refractivity contribution in [2.45, 2.75) is 25.8 Å². The van der Waals surface area contributed by atoms with Crippen LogP contribution in [0, 0.1) is 6.92 Å². The number of nitrogens with zero attached hydrogens (tertiary/aromatic N) is 5. The first kappa shape index (κ1) is 27.5. The smallest absolute Gasteiger partial charge is 0.229 e. The lowest BCUT2D eigenvalue weighted by atomic mass is 10.0. The molecule has 3 aromatic rings. The molecule has 208 valence electrons. The Balaban J connectivity index is 1.29. The van der Waals surface area contributed by atoms with Crippen LogP contribution in [0.15, 0.2) is 47.1 Å². The highest BCUT2D eigenvalue weighted by molar-refractivity contribution is 9.10. The lowest BCUT2D eigenvalue weighted by molar-refractivity contribution is 0.0982. The fourth-order valence-corrected chi connectivity index (χ4v) is 5.74. The van der Waals surface area contributed by atoms with Gasteiger partial charge >= 0.3 is 0 Å². The molecule has 2 fully saturated rings. The Hall–Kier alpha value is -3.08. The van der Waals surface area contributed by atoms with Gasteiger partial charge in [-0.25, -0.2) is 4.98 Å². The van der Waals surface area contributed by atoms with Crippen molar-refractivity contribution in [3.63, 3.8) is 0 Å². The number of benzene rings is 2. The monoisotopic (exact) mass is 595 g/mol. The third-order valence-electron chi connectivity index (χ3n) is 7.73. The van der Waals surface area contributed by atoms with Crippen LogP contribution < -0.4 is 25.0 Å². The van der Waals surface area contributed by atoms with E-state index in [9.17, 15) is 0 Å². The van der Waals surface area contributed by atoms with E-state index in [0.717, 1.165) is 40.4 Å². The summed E-state index contributed by atoms with van der Waals surface area (Å²) in [6, 6.07) is 12.7. The number of para-hydroxylation sites is 2. The molecule has 0 aliphatic carbocycles. The molecule has 5 rings (SSSR count). The maximum Gasteiger partial charge on any atom is 0.229 e. The summed E-state index contributed by atoms with van der Waals surface area (Å²) in [6.07, 6.45) is 4.12. The first-order valence-electron chi connectivity index (χ1n) is 13.5. The van der Waals surface area contributed by atoms with Crippen molar-refractivity contribution >= 4 is 44.8 Å². The zero-order valence-corrected chi connectivity index (χ0v) is 24.8. The van der Waals surface area contributed by atoms with Crippen LogP contribution in [0.2, 0.25) is 0 Å². The van der Waals surface area contributed by atoms with Gasteiger partial charge < -0.3 is 29.9 Å². The maximum atomic E-state index is 5.81. The number of anilines is 5. The zero-order valence-electron chi connectivity index (χ0n) is 23.2. The summed E-state index contributed by atoms with van der Waals surface area (Å²) in [5, 5.41) is 6.69. The van der Waals surface area contributed by atoms with E-state index in [4.69, 9.17) is 14.5 Å².